The number of carbonyl (C=O) groups excluding carboxylic acids is 1. The van der Waals surface area contributed by atoms with E-state index in [1.807, 2.05) is 66.7 Å². The molecule has 0 aromatic heterocycles. The molecule has 3 aromatic rings. The second kappa shape index (κ2) is 12.4. The maximum atomic E-state index is 13.3. The maximum absolute atomic E-state index is 13.3. The van der Waals surface area contributed by atoms with E-state index >= 15 is 0 Å². The first kappa shape index (κ1) is 26.3. The number of rotatable bonds is 8. The number of carbonyl (C=O) groups is 2. The first-order valence-electron chi connectivity index (χ1n) is 11.5. The van der Waals surface area contributed by atoms with Gasteiger partial charge in [0.15, 0.2) is 0 Å². The van der Waals surface area contributed by atoms with E-state index in [0.29, 0.717) is 23.5 Å². The molecule has 0 bridgehead atoms. The van der Waals surface area contributed by atoms with Crippen LogP contribution < -0.4 is 0 Å². The van der Waals surface area contributed by atoms with E-state index in [-0.39, 0.29) is 28.4 Å². The zero-order valence-electron chi connectivity index (χ0n) is 19.5. The number of hydrogen-bond donors (Lipinski definition) is 1. The van der Waals surface area contributed by atoms with Crippen LogP contribution in [0.25, 0.3) is 5.32 Å². The Labute approximate surface area is 216 Å². The van der Waals surface area contributed by atoms with Crippen LogP contribution in [0.5, 0.6) is 0 Å². The van der Waals surface area contributed by atoms with Crippen molar-refractivity contribution < 1.29 is 31.2 Å². The van der Waals surface area contributed by atoms with Crippen molar-refractivity contribution in [2.75, 3.05) is 6.54 Å². The summed E-state index contributed by atoms with van der Waals surface area (Å²) < 4.78 is 0. The SMILES string of the molecule is CC(N=C(c1ccccc1)c1ccccc1[N-]C(=O)[C@@H]1CCCN1Cc1ccccc1)C(=O)O.[Ni]. The Balaban J connectivity index is 0.00000342. The number of nitrogens with zero attached hydrogens (tertiary/aromatic N) is 3. The average molecular weight is 513 g/mol. The van der Waals surface area contributed by atoms with Gasteiger partial charge in [0.1, 0.15) is 6.04 Å². The van der Waals surface area contributed by atoms with E-state index in [1.54, 1.807) is 6.07 Å². The summed E-state index contributed by atoms with van der Waals surface area (Å²) in [5.74, 6) is -1.19. The Morgan fingerprint density at radius 2 is 1.63 bits per heavy atom. The zero-order chi connectivity index (χ0) is 23.9. The van der Waals surface area contributed by atoms with Crippen molar-refractivity contribution in [2.45, 2.75) is 38.4 Å². The molecule has 1 unspecified atom stereocenters. The molecule has 1 amide bonds. The average Bonchev–Trinajstić information content (AvgIpc) is 3.32. The van der Waals surface area contributed by atoms with E-state index in [1.165, 1.54) is 12.5 Å². The van der Waals surface area contributed by atoms with Gasteiger partial charge in [0.2, 0.25) is 0 Å². The van der Waals surface area contributed by atoms with Crippen LogP contribution in [0.1, 0.15) is 36.5 Å². The predicted octanol–water partition coefficient (Wildman–Crippen LogP) is 5.19. The molecule has 35 heavy (non-hydrogen) atoms. The van der Waals surface area contributed by atoms with Crippen molar-refractivity contribution >= 4 is 23.3 Å². The van der Waals surface area contributed by atoms with E-state index in [2.05, 4.69) is 27.3 Å². The van der Waals surface area contributed by atoms with E-state index in [0.717, 1.165) is 24.9 Å². The Bertz CT molecular complexity index is 1170. The van der Waals surface area contributed by atoms with Crippen LogP contribution in [0.2, 0.25) is 0 Å². The number of carboxylic acid groups (broad SMARTS) is 1. The number of carboxylic acids is 1. The normalized spacial score (nSPS) is 16.8. The van der Waals surface area contributed by atoms with Gasteiger partial charge in [0, 0.05) is 28.6 Å². The number of aliphatic imine (C=N–C) groups is 1. The molecule has 3 aromatic carbocycles. The minimum atomic E-state index is -1.01. The van der Waals surface area contributed by atoms with Gasteiger partial charge < -0.3 is 15.2 Å². The third-order valence-electron chi connectivity index (χ3n) is 5.99. The fourth-order valence-electron chi connectivity index (χ4n) is 4.22. The van der Waals surface area contributed by atoms with Crippen molar-refractivity contribution in [1.29, 1.82) is 0 Å². The summed E-state index contributed by atoms with van der Waals surface area (Å²) in [6.07, 6.45) is 1.72. The van der Waals surface area contributed by atoms with Gasteiger partial charge in [-0.2, -0.15) is 0 Å². The van der Waals surface area contributed by atoms with Crippen LogP contribution in [-0.2, 0) is 32.6 Å². The van der Waals surface area contributed by atoms with Crippen LogP contribution in [0.3, 0.4) is 0 Å². The van der Waals surface area contributed by atoms with Gasteiger partial charge in [-0.05, 0) is 37.4 Å². The Kier molecular flexibility index (Phi) is 9.35. The number of benzene rings is 3. The molecule has 4 rings (SSSR count). The molecule has 184 valence electrons. The van der Waals surface area contributed by atoms with Crippen LogP contribution in [0.15, 0.2) is 89.9 Å². The molecule has 0 spiro atoms. The van der Waals surface area contributed by atoms with Crippen molar-refractivity contribution in [1.82, 2.24) is 4.90 Å². The second-order valence-electron chi connectivity index (χ2n) is 8.44. The van der Waals surface area contributed by atoms with Crippen LogP contribution >= 0.6 is 0 Å². The van der Waals surface area contributed by atoms with Crippen LogP contribution in [-0.4, -0.2) is 46.2 Å². The summed E-state index contributed by atoms with van der Waals surface area (Å²) in [5, 5.41) is 14.0. The second-order valence-corrected chi connectivity index (χ2v) is 8.44. The van der Waals surface area contributed by atoms with Crippen molar-refractivity contribution in [3.8, 4) is 0 Å². The van der Waals surface area contributed by atoms with E-state index in [4.69, 9.17) is 0 Å². The fourth-order valence-corrected chi connectivity index (χ4v) is 4.22. The minimum Gasteiger partial charge on any atom is -0.625 e. The fraction of sp³-hybridized carbons (Fsp3) is 0.250. The molecule has 2 atom stereocenters. The standard InChI is InChI=1S/C28H29N3O3.Ni/c1-20(28(33)34)29-26(22-13-6-3-7-14-22)23-15-8-9-16-24(23)30-27(32)25-17-10-18-31(25)19-21-11-4-2-5-12-21;/h2-9,11-16,20,25H,10,17-19H2,1H3,(H2,29,30,32,33,34);/p-1/t20?,25-;/m0./s1. The molecular formula is C28H28N3NiO3-. The largest absolute Gasteiger partial charge is 0.625 e. The number of hydrogen-bond acceptors (Lipinski definition) is 4. The zero-order valence-corrected chi connectivity index (χ0v) is 20.5. The monoisotopic (exact) mass is 512 g/mol. The molecular weight excluding hydrogens is 485 g/mol. The molecule has 1 N–H and O–H groups in total. The van der Waals surface area contributed by atoms with E-state index in [9.17, 15) is 14.7 Å². The Morgan fingerprint density at radius 3 is 2.31 bits per heavy atom. The van der Waals surface area contributed by atoms with Gasteiger partial charge in [0.25, 0.3) is 0 Å². The van der Waals surface area contributed by atoms with Gasteiger partial charge in [-0.1, -0.05) is 84.9 Å². The third-order valence-corrected chi connectivity index (χ3v) is 5.99. The molecule has 1 aliphatic rings. The first-order valence-corrected chi connectivity index (χ1v) is 11.5. The quantitative estimate of drug-likeness (QED) is 0.332. The Morgan fingerprint density at radius 1 is 1.00 bits per heavy atom. The van der Waals surface area contributed by atoms with Crippen LogP contribution in [0, 0.1) is 0 Å². The van der Waals surface area contributed by atoms with Crippen molar-refractivity contribution in [2.24, 2.45) is 4.99 Å². The molecule has 7 heteroatoms. The van der Waals surface area contributed by atoms with Gasteiger partial charge in [0.05, 0.1) is 17.7 Å². The summed E-state index contributed by atoms with van der Waals surface area (Å²) in [4.78, 5) is 31.5. The summed E-state index contributed by atoms with van der Waals surface area (Å²) in [6, 6.07) is 25.6. The number of para-hydroxylation sites is 1. The van der Waals surface area contributed by atoms with Gasteiger partial charge in [-0.15, -0.1) is 5.69 Å². The van der Waals surface area contributed by atoms with Crippen LogP contribution in [0.4, 0.5) is 5.69 Å². The molecule has 1 aliphatic heterocycles. The molecule has 1 heterocycles. The van der Waals surface area contributed by atoms with Gasteiger partial charge in [-0.25, -0.2) is 4.79 Å². The molecule has 0 aliphatic carbocycles. The Hall–Kier alpha value is -3.28. The molecule has 1 saturated heterocycles. The summed E-state index contributed by atoms with van der Waals surface area (Å²) in [5.41, 5.74) is 3.60. The number of likely N-dealkylation sites (tertiary alicyclic amines) is 1. The predicted molar refractivity (Wildman–Crippen MR) is 134 cm³/mol. The molecule has 1 fully saturated rings. The first-order chi connectivity index (χ1) is 16.5. The molecule has 6 nitrogen and oxygen atoms in total. The van der Waals surface area contributed by atoms with Crippen molar-refractivity contribution in [3.63, 3.8) is 0 Å². The van der Waals surface area contributed by atoms with Gasteiger partial charge in [-0.3, -0.25) is 9.89 Å². The summed E-state index contributed by atoms with van der Waals surface area (Å²) >= 11 is 0. The third kappa shape index (κ3) is 6.65. The maximum Gasteiger partial charge on any atom is 0.328 e. The minimum absolute atomic E-state index is 0. The number of aliphatic carboxylic acids is 1. The van der Waals surface area contributed by atoms with E-state index < -0.39 is 12.0 Å². The summed E-state index contributed by atoms with van der Waals surface area (Å²) in [7, 11) is 0. The van der Waals surface area contributed by atoms with Crippen molar-refractivity contribution in [3.05, 3.63) is 107 Å². The summed E-state index contributed by atoms with van der Waals surface area (Å²) in [6.45, 7) is 3.10. The smallest absolute Gasteiger partial charge is 0.328 e. The topological polar surface area (TPSA) is 84.1 Å². The van der Waals surface area contributed by atoms with Gasteiger partial charge >= 0.3 is 5.97 Å². The molecule has 0 radical (unpaired) electrons. The number of amides is 1. The molecule has 0 saturated carbocycles.